The van der Waals surface area contributed by atoms with E-state index in [1.165, 1.54) is 6.26 Å². The van der Waals surface area contributed by atoms with E-state index in [1.54, 1.807) is 6.07 Å². The SMILES string of the molecule is CCCCc1occc1CC(=O)C(=O)c1nn[nH]n1. The Hall–Kier alpha value is -2.31. The summed E-state index contributed by atoms with van der Waals surface area (Å²) >= 11 is 0. The molecule has 0 saturated heterocycles. The van der Waals surface area contributed by atoms with Crippen LogP contribution >= 0.6 is 0 Å². The highest BCUT2D eigenvalue weighted by Crippen LogP contribution is 2.15. The van der Waals surface area contributed by atoms with Gasteiger partial charge < -0.3 is 4.42 Å². The second-order valence-corrected chi connectivity index (χ2v) is 4.14. The van der Waals surface area contributed by atoms with Crippen LogP contribution in [0.15, 0.2) is 16.7 Å². The summed E-state index contributed by atoms with van der Waals surface area (Å²) in [6.45, 7) is 2.08. The molecule has 7 heteroatoms. The van der Waals surface area contributed by atoms with Crippen molar-refractivity contribution < 1.29 is 14.0 Å². The van der Waals surface area contributed by atoms with E-state index in [4.69, 9.17) is 4.42 Å². The molecule has 2 aromatic rings. The lowest BCUT2D eigenvalue weighted by Crippen LogP contribution is -2.18. The van der Waals surface area contributed by atoms with E-state index in [9.17, 15) is 9.59 Å². The number of rotatable bonds is 7. The average Bonchev–Trinajstić information content (AvgIpc) is 3.07. The summed E-state index contributed by atoms with van der Waals surface area (Å²) in [7, 11) is 0. The Balaban J connectivity index is 2.03. The number of aryl methyl sites for hydroxylation is 1. The molecule has 2 rings (SSSR count). The van der Waals surface area contributed by atoms with E-state index in [0.29, 0.717) is 0 Å². The van der Waals surface area contributed by atoms with Gasteiger partial charge in [0.05, 0.1) is 6.26 Å². The highest BCUT2D eigenvalue weighted by molar-refractivity contribution is 6.43. The van der Waals surface area contributed by atoms with Gasteiger partial charge in [0.15, 0.2) is 0 Å². The van der Waals surface area contributed by atoms with Gasteiger partial charge in [0.25, 0.3) is 5.78 Å². The molecule has 0 aliphatic rings. The fourth-order valence-corrected chi connectivity index (χ4v) is 1.72. The van der Waals surface area contributed by atoms with Crippen molar-refractivity contribution in [3.8, 4) is 0 Å². The number of furan rings is 1. The first-order valence-electron chi connectivity index (χ1n) is 6.08. The van der Waals surface area contributed by atoms with Crippen molar-refractivity contribution in [2.45, 2.75) is 32.6 Å². The molecule has 0 atom stereocenters. The summed E-state index contributed by atoms with van der Waals surface area (Å²) < 4.78 is 5.32. The fraction of sp³-hybridized carbons (Fsp3) is 0.417. The predicted molar refractivity (Wildman–Crippen MR) is 64.5 cm³/mol. The second kappa shape index (κ2) is 6.03. The van der Waals surface area contributed by atoms with Gasteiger partial charge in [-0.25, -0.2) is 0 Å². The summed E-state index contributed by atoms with van der Waals surface area (Å²) in [5.41, 5.74) is 0.746. The van der Waals surface area contributed by atoms with E-state index in [1.807, 2.05) is 0 Å². The van der Waals surface area contributed by atoms with Gasteiger partial charge in [-0.1, -0.05) is 13.3 Å². The third-order valence-electron chi connectivity index (χ3n) is 2.75. The Bertz CT molecular complexity index is 559. The van der Waals surface area contributed by atoms with Crippen LogP contribution in [0, 0.1) is 0 Å². The van der Waals surface area contributed by atoms with Crippen LogP contribution in [0.4, 0.5) is 0 Å². The van der Waals surface area contributed by atoms with Gasteiger partial charge >= 0.3 is 0 Å². The molecule has 2 heterocycles. The maximum absolute atomic E-state index is 11.8. The third kappa shape index (κ3) is 3.12. The number of hydrogen-bond donors (Lipinski definition) is 1. The highest BCUT2D eigenvalue weighted by atomic mass is 16.3. The van der Waals surface area contributed by atoms with Crippen LogP contribution in [0.2, 0.25) is 0 Å². The van der Waals surface area contributed by atoms with Crippen molar-refractivity contribution in [1.29, 1.82) is 0 Å². The lowest BCUT2D eigenvalue weighted by Gasteiger charge is -2.00. The highest BCUT2D eigenvalue weighted by Gasteiger charge is 2.22. The zero-order valence-corrected chi connectivity index (χ0v) is 10.5. The smallest absolute Gasteiger partial charge is 0.269 e. The quantitative estimate of drug-likeness (QED) is 0.592. The minimum atomic E-state index is -0.739. The molecule has 0 bridgehead atoms. The van der Waals surface area contributed by atoms with Gasteiger partial charge in [-0.05, 0) is 17.7 Å². The topological polar surface area (TPSA) is 102 Å². The van der Waals surface area contributed by atoms with Crippen molar-refractivity contribution in [2.24, 2.45) is 0 Å². The molecule has 7 nitrogen and oxygen atoms in total. The number of aromatic amines is 1. The van der Waals surface area contributed by atoms with Crippen molar-refractivity contribution in [1.82, 2.24) is 20.6 Å². The molecule has 0 fully saturated rings. The molecule has 0 aromatic carbocycles. The number of nitrogens with zero attached hydrogens (tertiary/aromatic N) is 3. The molecule has 100 valence electrons. The van der Waals surface area contributed by atoms with Crippen LogP contribution in [0.3, 0.4) is 0 Å². The molecule has 0 aliphatic carbocycles. The molecule has 2 aromatic heterocycles. The van der Waals surface area contributed by atoms with Crippen LogP contribution < -0.4 is 0 Å². The Kier molecular flexibility index (Phi) is 4.17. The van der Waals surface area contributed by atoms with Crippen LogP contribution in [-0.4, -0.2) is 32.2 Å². The van der Waals surface area contributed by atoms with Crippen LogP contribution in [0.25, 0.3) is 0 Å². The van der Waals surface area contributed by atoms with Crippen molar-refractivity contribution in [3.05, 3.63) is 29.5 Å². The van der Waals surface area contributed by atoms with E-state index in [2.05, 4.69) is 27.5 Å². The number of tetrazole rings is 1. The summed E-state index contributed by atoms with van der Waals surface area (Å²) in [6, 6.07) is 1.71. The first kappa shape index (κ1) is 13.1. The van der Waals surface area contributed by atoms with E-state index >= 15 is 0 Å². The van der Waals surface area contributed by atoms with Crippen molar-refractivity contribution >= 4 is 11.6 Å². The Morgan fingerprint density at radius 1 is 1.42 bits per heavy atom. The predicted octanol–water partition coefficient (Wildman–Crippen LogP) is 1.13. The number of hydrogen-bond acceptors (Lipinski definition) is 6. The van der Waals surface area contributed by atoms with Crippen molar-refractivity contribution in [2.75, 3.05) is 0 Å². The monoisotopic (exact) mass is 262 g/mol. The second-order valence-electron chi connectivity index (χ2n) is 4.14. The molecule has 0 radical (unpaired) electrons. The normalized spacial score (nSPS) is 10.6. The molecular weight excluding hydrogens is 248 g/mol. The lowest BCUT2D eigenvalue weighted by atomic mass is 10.0. The number of carbonyl (C=O) groups is 2. The number of carbonyl (C=O) groups excluding carboxylic acids is 2. The van der Waals surface area contributed by atoms with Crippen LogP contribution in [0.1, 0.15) is 41.7 Å². The molecule has 1 N–H and O–H groups in total. The number of unbranched alkanes of at least 4 members (excludes halogenated alkanes) is 1. The minimum Gasteiger partial charge on any atom is -0.469 e. The van der Waals surface area contributed by atoms with E-state index in [-0.39, 0.29) is 12.2 Å². The molecular formula is C12H14N4O3. The number of Topliss-reactive ketones (excluding diaryl/α,β-unsaturated/α-hetero) is 2. The van der Waals surface area contributed by atoms with Crippen molar-refractivity contribution in [3.63, 3.8) is 0 Å². The van der Waals surface area contributed by atoms with Gasteiger partial charge in [-0.2, -0.15) is 5.21 Å². The molecule has 0 saturated carbocycles. The average molecular weight is 262 g/mol. The molecule has 0 unspecified atom stereocenters. The number of ketones is 2. The summed E-state index contributed by atoms with van der Waals surface area (Å²) in [5.74, 6) is -0.753. The zero-order chi connectivity index (χ0) is 13.7. The van der Waals surface area contributed by atoms with Crippen LogP contribution in [0.5, 0.6) is 0 Å². The Morgan fingerprint density at radius 3 is 2.95 bits per heavy atom. The molecule has 0 spiro atoms. The lowest BCUT2D eigenvalue weighted by molar-refractivity contribution is -0.114. The Morgan fingerprint density at radius 2 is 2.26 bits per heavy atom. The van der Waals surface area contributed by atoms with E-state index in [0.717, 1.165) is 30.6 Å². The maximum atomic E-state index is 11.8. The van der Waals surface area contributed by atoms with Gasteiger partial charge in [0.1, 0.15) is 5.76 Å². The summed E-state index contributed by atoms with van der Waals surface area (Å²) in [6.07, 6.45) is 4.32. The first-order valence-corrected chi connectivity index (χ1v) is 6.08. The minimum absolute atomic E-state index is 0.00290. The van der Waals surface area contributed by atoms with Gasteiger partial charge in [0, 0.05) is 18.4 Å². The molecule has 0 amide bonds. The molecule has 0 aliphatic heterocycles. The first-order chi connectivity index (χ1) is 9.22. The Labute approximate surface area is 109 Å². The van der Waals surface area contributed by atoms with Gasteiger partial charge in [-0.15, -0.1) is 10.2 Å². The van der Waals surface area contributed by atoms with Crippen LogP contribution in [-0.2, 0) is 17.6 Å². The fourth-order valence-electron chi connectivity index (χ4n) is 1.72. The largest absolute Gasteiger partial charge is 0.469 e. The third-order valence-corrected chi connectivity index (χ3v) is 2.75. The summed E-state index contributed by atoms with van der Waals surface area (Å²) in [4.78, 5) is 23.5. The summed E-state index contributed by atoms with van der Waals surface area (Å²) in [5, 5.41) is 12.4. The van der Waals surface area contributed by atoms with Gasteiger partial charge in [0.2, 0.25) is 11.6 Å². The number of H-pyrrole nitrogens is 1. The zero-order valence-electron chi connectivity index (χ0n) is 10.5. The van der Waals surface area contributed by atoms with E-state index < -0.39 is 11.6 Å². The van der Waals surface area contributed by atoms with Gasteiger partial charge in [-0.3, -0.25) is 9.59 Å². The molecule has 19 heavy (non-hydrogen) atoms. The number of aromatic nitrogens is 4. The standard InChI is InChI=1S/C12H14N4O3/c1-2-3-4-10-8(5-6-19-10)7-9(17)11(18)12-13-15-16-14-12/h5-6H,2-4,7H2,1H3,(H,13,14,15,16). The maximum Gasteiger partial charge on any atom is 0.269 e. The number of nitrogens with one attached hydrogen (secondary N) is 1.